The third-order valence-electron chi connectivity index (χ3n) is 6.99. The summed E-state index contributed by atoms with van der Waals surface area (Å²) in [4.78, 5) is 52.6. The number of hydrogen-bond donors (Lipinski definition) is 2. The molecule has 1 aromatic rings. The van der Waals surface area contributed by atoms with Gasteiger partial charge in [0, 0.05) is 39.1 Å². The zero-order chi connectivity index (χ0) is 25.9. The first-order valence-electron chi connectivity index (χ1n) is 12.7. The lowest BCUT2D eigenvalue weighted by molar-refractivity contribution is -0.142. The average Bonchev–Trinajstić information content (AvgIpc) is 2.93. The molecule has 1 unspecified atom stereocenters. The number of methoxy groups -OCH3 is 1. The largest absolute Gasteiger partial charge is 0.468 e. The lowest BCUT2D eigenvalue weighted by atomic mass is 9.91. The van der Waals surface area contributed by atoms with Crippen LogP contribution in [0.4, 0.5) is 4.79 Å². The van der Waals surface area contributed by atoms with E-state index in [1.54, 1.807) is 9.80 Å². The number of ether oxygens (including phenoxy) is 2. The van der Waals surface area contributed by atoms with E-state index in [4.69, 9.17) is 10.5 Å². The van der Waals surface area contributed by atoms with Crippen molar-refractivity contribution in [3.8, 4) is 0 Å². The Morgan fingerprint density at radius 1 is 1.05 bits per heavy atom. The van der Waals surface area contributed by atoms with Gasteiger partial charge in [-0.15, -0.1) is 12.4 Å². The number of rotatable bonds is 9. The lowest BCUT2D eigenvalue weighted by Gasteiger charge is -2.34. The van der Waals surface area contributed by atoms with Crippen LogP contribution in [0, 0.1) is 11.8 Å². The number of carbonyl (C=O) groups excluding carboxylic acids is 4. The summed E-state index contributed by atoms with van der Waals surface area (Å²) >= 11 is 0. The maximum atomic E-state index is 12.8. The highest BCUT2D eigenvalue weighted by Gasteiger charge is 2.30. The summed E-state index contributed by atoms with van der Waals surface area (Å²) in [6, 6.07) is 8.70. The first-order valence-corrected chi connectivity index (χ1v) is 12.7. The number of nitrogens with zero attached hydrogens (tertiary/aromatic N) is 2. The number of hydrogen-bond acceptors (Lipinski definition) is 7. The molecule has 0 aliphatic carbocycles. The van der Waals surface area contributed by atoms with Gasteiger partial charge in [-0.3, -0.25) is 14.4 Å². The molecule has 2 saturated heterocycles. The zero-order valence-electron chi connectivity index (χ0n) is 21.4. The van der Waals surface area contributed by atoms with Crippen molar-refractivity contribution < 1.29 is 28.7 Å². The molecular weight excluding hydrogens is 500 g/mol. The highest BCUT2D eigenvalue weighted by molar-refractivity contribution is 5.85. The molecule has 0 aromatic heterocycles. The summed E-state index contributed by atoms with van der Waals surface area (Å²) in [5, 5.41) is 2.70. The van der Waals surface area contributed by atoms with Gasteiger partial charge >= 0.3 is 12.1 Å². The molecule has 0 radical (unpaired) electrons. The molecular formula is C26H39ClN4O6. The lowest BCUT2D eigenvalue weighted by Crippen LogP contribution is -2.49. The summed E-state index contributed by atoms with van der Waals surface area (Å²) in [5.41, 5.74) is 6.63. The van der Waals surface area contributed by atoms with Crippen molar-refractivity contribution in [3.05, 3.63) is 35.9 Å². The van der Waals surface area contributed by atoms with E-state index in [1.165, 1.54) is 7.11 Å². The molecule has 2 aliphatic rings. The minimum Gasteiger partial charge on any atom is -0.468 e. The molecule has 3 N–H and O–H groups in total. The smallest absolute Gasteiger partial charge is 0.410 e. The molecule has 2 fully saturated rings. The van der Waals surface area contributed by atoms with E-state index in [-0.39, 0.29) is 49.4 Å². The third-order valence-corrected chi connectivity index (χ3v) is 6.99. The van der Waals surface area contributed by atoms with E-state index in [9.17, 15) is 19.2 Å². The fourth-order valence-corrected chi connectivity index (χ4v) is 4.71. The number of piperidine rings is 2. The van der Waals surface area contributed by atoms with Crippen molar-refractivity contribution in [2.45, 2.75) is 51.2 Å². The van der Waals surface area contributed by atoms with Crippen molar-refractivity contribution in [3.63, 3.8) is 0 Å². The van der Waals surface area contributed by atoms with Crippen LogP contribution < -0.4 is 11.1 Å². The predicted octanol–water partition coefficient (Wildman–Crippen LogP) is 2.09. The fourth-order valence-electron chi connectivity index (χ4n) is 4.71. The van der Waals surface area contributed by atoms with Gasteiger partial charge < -0.3 is 30.3 Å². The summed E-state index contributed by atoms with van der Waals surface area (Å²) in [5.74, 6) is -0.638. The third kappa shape index (κ3) is 9.51. The molecule has 10 nitrogen and oxygen atoms in total. The van der Waals surface area contributed by atoms with Crippen LogP contribution in [-0.4, -0.2) is 79.6 Å². The predicted molar refractivity (Wildman–Crippen MR) is 140 cm³/mol. The number of likely N-dealkylation sites (tertiary alicyclic amines) is 2. The molecule has 0 spiro atoms. The van der Waals surface area contributed by atoms with E-state index < -0.39 is 12.0 Å². The van der Waals surface area contributed by atoms with Gasteiger partial charge in [0.25, 0.3) is 0 Å². The van der Waals surface area contributed by atoms with Crippen LogP contribution >= 0.6 is 12.4 Å². The highest BCUT2D eigenvalue weighted by atomic mass is 35.5. The van der Waals surface area contributed by atoms with E-state index in [0.29, 0.717) is 44.9 Å². The zero-order valence-corrected chi connectivity index (χ0v) is 22.3. The first-order chi connectivity index (χ1) is 17.4. The van der Waals surface area contributed by atoms with Gasteiger partial charge in [0.2, 0.25) is 11.8 Å². The monoisotopic (exact) mass is 538 g/mol. The van der Waals surface area contributed by atoms with Crippen LogP contribution in [0.5, 0.6) is 0 Å². The Balaban J connectivity index is 0.00000481. The van der Waals surface area contributed by atoms with Crippen LogP contribution in [0.1, 0.15) is 44.1 Å². The number of carbonyl (C=O) groups is 4. The quantitative estimate of drug-likeness (QED) is 0.460. The molecule has 2 aliphatic heterocycles. The Kier molecular flexibility index (Phi) is 12.7. The van der Waals surface area contributed by atoms with E-state index in [2.05, 4.69) is 10.1 Å². The van der Waals surface area contributed by atoms with Crippen LogP contribution in [0.15, 0.2) is 30.3 Å². The van der Waals surface area contributed by atoms with E-state index >= 15 is 0 Å². The van der Waals surface area contributed by atoms with Crippen LogP contribution in [0.2, 0.25) is 0 Å². The molecule has 3 amide bonds. The Bertz CT molecular complexity index is 894. The van der Waals surface area contributed by atoms with Crippen molar-refractivity contribution >= 4 is 36.3 Å². The van der Waals surface area contributed by atoms with Gasteiger partial charge in [-0.2, -0.15) is 0 Å². The van der Waals surface area contributed by atoms with E-state index in [0.717, 1.165) is 31.2 Å². The van der Waals surface area contributed by atoms with Crippen LogP contribution in [0.25, 0.3) is 0 Å². The van der Waals surface area contributed by atoms with Gasteiger partial charge in [-0.1, -0.05) is 30.3 Å². The second kappa shape index (κ2) is 15.4. The number of halogens is 1. The maximum absolute atomic E-state index is 12.8. The van der Waals surface area contributed by atoms with E-state index in [1.807, 2.05) is 30.3 Å². The van der Waals surface area contributed by atoms with Crippen molar-refractivity contribution in [1.82, 2.24) is 15.1 Å². The molecule has 2 atom stereocenters. The molecule has 0 saturated carbocycles. The normalized spacial score (nSPS) is 18.8. The first kappa shape index (κ1) is 30.4. The summed E-state index contributed by atoms with van der Waals surface area (Å²) in [6.45, 7) is 2.56. The summed E-state index contributed by atoms with van der Waals surface area (Å²) < 4.78 is 9.99. The fraction of sp³-hybridized carbons (Fsp3) is 0.615. The van der Waals surface area contributed by atoms with Gasteiger partial charge in [0.15, 0.2) is 0 Å². The summed E-state index contributed by atoms with van der Waals surface area (Å²) in [6.07, 6.45) is 4.06. The number of benzene rings is 1. The number of nitrogens with two attached hydrogens (primary N) is 1. The Morgan fingerprint density at radius 2 is 1.76 bits per heavy atom. The molecule has 37 heavy (non-hydrogen) atoms. The maximum Gasteiger partial charge on any atom is 0.410 e. The Labute approximate surface area is 224 Å². The molecule has 11 heteroatoms. The molecule has 3 rings (SSSR count). The van der Waals surface area contributed by atoms with Crippen molar-refractivity contribution in [2.24, 2.45) is 17.6 Å². The van der Waals surface area contributed by atoms with Gasteiger partial charge in [0.05, 0.1) is 13.0 Å². The average molecular weight is 539 g/mol. The Morgan fingerprint density at radius 3 is 2.43 bits per heavy atom. The number of amides is 3. The molecule has 2 heterocycles. The summed E-state index contributed by atoms with van der Waals surface area (Å²) in [7, 11) is 1.25. The van der Waals surface area contributed by atoms with Crippen molar-refractivity contribution in [1.29, 1.82) is 0 Å². The van der Waals surface area contributed by atoms with Crippen molar-refractivity contribution in [2.75, 3.05) is 39.8 Å². The van der Waals surface area contributed by atoms with Gasteiger partial charge in [-0.25, -0.2) is 4.79 Å². The minimum absolute atomic E-state index is 0. The second-order valence-electron chi connectivity index (χ2n) is 9.56. The molecule has 1 aromatic carbocycles. The van der Waals surface area contributed by atoms with Gasteiger partial charge in [-0.05, 0) is 43.6 Å². The number of nitrogens with one attached hydrogen (secondary N) is 1. The highest BCUT2D eigenvalue weighted by Crippen LogP contribution is 2.24. The molecule has 0 bridgehead atoms. The minimum atomic E-state index is -0.905. The molecule has 206 valence electrons. The SMILES string of the molecule is COC(=O)C(N)CNC(=O)[C@@H]1CCCN(C(=O)CCC2CCN(C(=O)OCc3ccccc3)CC2)C1.Cl. The van der Waals surface area contributed by atoms with Crippen LogP contribution in [-0.2, 0) is 30.5 Å². The van der Waals surface area contributed by atoms with Crippen LogP contribution in [0.3, 0.4) is 0 Å². The Hall–Kier alpha value is -2.85. The second-order valence-corrected chi connectivity index (χ2v) is 9.56. The topological polar surface area (TPSA) is 131 Å². The standard InChI is InChI=1S/C26H38N4O6.ClH/c1-35-25(33)22(27)16-28-24(32)21-8-5-13-30(17-21)23(31)10-9-19-11-14-29(15-12-19)26(34)36-18-20-6-3-2-4-7-20;/h2-4,6-7,19,21-22H,5,8-18,27H2,1H3,(H,28,32);1H/t21-,22?;/m1./s1. The number of esters is 1. The van der Waals surface area contributed by atoms with Gasteiger partial charge in [0.1, 0.15) is 12.6 Å².